The molecule has 0 saturated carbocycles. The maximum atomic E-state index is 6.10. The summed E-state index contributed by atoms with van der Waals surface area (Å²) in [5.41, 5.74) is 7.39. The highest BCUT2D eigenvalue weighted by molar-refractivity contribution is 7.99. The van der Waals surface area contributed by atoms with Gasteiger partial charge in [0.25, 0.3) is 0 Å². The van der Waals surface area contributed by atoms with Gasteiger partial charge in [0.05, 0.1) is 11.7 Å². The zero-order chi connectivity index (χ0) is 11.0. The van der Waals surface area contributed by atoms with E-state index < -0.39 is 0 Å². The molecule has 0 amide bonds. The van der Waals surface area contributed by atoms with Gasteiger partial charge in [-0.25, -0.2) is 4.98 Å². The first-order chi connectivity index (χ1) is 7.84. The number of aryl methyl sites for hydroxylation is 1. The zero-order valence-corrected chi connectivity index (χ0v) is 10.4. The van der Waals surface area contributed by atoms with Crippen molar-refractivity contribution in [1.29, 1.82) is 0 Å². The van der Waals surface area contributed by atoms with Crippen molar-refractivity contribution in [3.05, 3.63) is 17.7 Å². The number of nitrogens with two attached hydrogens (primary N) is 1. The average molecular weight is 237 g/mol. The predicted octanol–water partition coefficient (Wildman–Crippen LogP) is 2.29. The maximum Gasteiger partial charge on any atom is 0.125 e. The van der Waals surface area contributed by atoms with E-state index in [4.69, 9.17) is 10.7 Å². The lowest BCUT2D eigenvalue weighted by atomic mass is 10.0. The molecule has 0 bridgehead atoms. The largest absolute Gasteiger partial charge is 0.333 e. The molecule has 2 aliphatic heterocycles. The van der Waals surface area contributed by atoms with E-state index in [0.29, 0.717) is 5.92 Å². The summed E-state index contributed by atoms with van der Waals surface area (Å²) in [6, 6.07) is 0.166. The van der Waals surface area contributed by atoms with Crippen molar-refractivity contribution in [2.24, 2.45) is 5.73 Å². The molecule has 3 heterocycles. The number of hydrogen-bond donors (Lipinski definition) is 1. The van der Waals surface area contributed by atoms with Gasteiger partial charge in [-0.1, -0.05) is 0 Å². The van der Waals surface area contributed by atoms with E-state index in [9.17, 15) is 0 Å². The van der Waals surface area contributed by atoms with Crippen molar-refractivity contribution in [3.8, 4) is 0 Å². The number of imidazole rings is 1. The summed E-state index contributed by atoms with van der Waals surface area (Å²) in [6.07, 6.45) is 7.19. The molecule has 1 aromatic rings. The fourth-order valence-electron chi connectivity index (χ4n) is 2.71. The molecule has 1 aromatic heterocycles. The molecule has 0 aliphatic carbocycles. The molecule has 0 aromatic carbocycles. The minimum atomic E-state index is 0.166. The first-order valence-electron chi connectivity index (χ1n) is 6.25. The number of rotatable bonds is 1. The van der Waals surface area contributed by atoms with E-state index in [1.165, 1.54) is 36.5 Å². The van der Waals surface area contributed by atoms with Gasteiger partial charge in [-0.15, -0.1) is 0 Å². The van der Waals surface area contributed by atoms with Crippen molar-refractivity contribution in [1.82, 2.24) is 9.55 Å². The summed E-state index contributed by atoms with van der Waals surface area (Å²) in [6.45, 7) is 1.11. The number of aromatic nitrogens is 2. The Morgan fingerprint density at radius 2 is 2.31 bits per heavy atom. The monoisotopic (exact) mass is 237 g/mol. The van der Waals surface area contributed by atoms with Crippen LogP contribution in [-0.4, -0.2) is 21.1 Å². The third kappa shape index (κ3) is 1.89. The lowest BCUT2D eigenvalue weighted by Crippen LogP contribution is -2.21. The van der Waals surface area contributed by atoms with Crippen LogP contribution in [0.2, 0.25) is 0 Å². The number of thioether (sulfide) groups is 1. The zero-order valence-electron chi connectivity index (χ0n) is 9.56. The van der Waals surface area contributed by atoms with E-state index in [0.717, 1.165) is 18.8 Å². The third-order valence-corrected chi connectivity index (χ3v) is 4.87. The fourth-order valence-corrected chi connectivity index (χ4v) is 3.87. The van der Waals surface area contributed by atoms with Crippen molar-refractivity contribution >= 4 is 11.8 Å². The van der Waals surface area contributed by atoms with Crippen LogP contribution in [0.1, 0.15) is 49.2 Å². The molecule has 88 valence electrons. The Morgan fingerprint density at radius 1 is 1.38 bits per heavy atom. The maximum absolute atomic E-state index is 6.10. The van der Waals surface area contributed by atoms with Crippen molar-refractivity contribution < 1.29 is 0 Å². The Morgan fingerprint density at radius 3 is 3.06 bits per heavy atom. The van der Waals surface area contributed by atoms with Gasteiger partial charge in [-0.2, -0.15) is 11.8 Å². The fraction of sp³-hybridized carbons (Fsp3) is 0.750. The summed E-state index contributed by atoms with van der Waals surface area (Å²) in [5, 5.41) is 0. The highest BCUT2D eigenvalue weighted by atomic mass is 32.2. The lowest BCUT2D eigenvalue weighted by Gasteiger charge is -2.19. The Labute approximate surface area is 101 Å². The van der Waals surface area contributed by atoms with Gasteiger partial charge in [0, 0.05) is 24.4 Å². The van der Waals surface area contributed by atoms with Crippen LogP contribution in [0.4, 0.5) is 0 Å². The topological polar surface area (TPSA) is 43.8 Å². The van der Waals surface area contributed by atoms with E-state index in [2.05, 4.69) is 22.5 Å². The second kappa shape index (κ2) is 4.41. The summed E-state index contributed by atoms with van der Waals surface area (Å²) in [5.74, 6) is 4.36. The summed E-state index contributed by atoms with van der Waals surface area (Å²) in [4.78, 5) is 4.78. The molecule has 0 spiro atoms. The number of fused-ring (bicyclic) bond motifs is 1. The van der Waals surface area contributed by atoms with Gasteiger partial charge in [0.15, 0.2) is 0 Å². The molecule has 2 N–H and O–H groups in total. The highest BCUT2D eigenvalue weighted by Gasteiger charge is 2.24. The van der Waals surface area contributed by atoms with Gasteiger partial charge in [-0.05, 0) is 31.4 Å². The van der Waals surface area contributed by atoms with Gasteiger partial charge < -0.3 is 10.3 Å². The average Bonchev–Trinajstić information content (AvgIpc) is 2.76. The van der Waals surface area contributed by atoms with Gasteiger partial charge in [-0.3, -0.25) is 0 Å². The second-order valence-electron chi connectivity index (χ2n) is 4.88. The van der Waals surface area contributed by atoms with Crippen LogP contribution in [0.3, 0.4) is 0 Å². The van der Waals surface area contributed by atoms with Crippen molar-refractivity contribution in [2.45, 2.75) is 44.2 Å². The Balaban J connectivity index is 1.85. The third-order valence-electron chi connectivity index (χ3n) is 3.65. The van der Waals surface area contributed by atoms with Crippen LogP contribution < -0.4 is 5.73 Å². The van der Waals surface area contributed by atoms with Crippen LogP contribution in [-0.2, 0) is 6.54 Å². The first-order valence-corrected chi connectivity index (χ1v) is 7.40. The van der Waals surface area contributed by atoms with Gasteiger partial charge in [0.2, 0.25) is 0 Å². The van der Waals surface area contributed by atoms with Crippen LogP contribution in [0, 0.1) is 0 Å². The molecule has 2 aliphatic rings. The normalized spacial score (nSPS) is 30.1. The molecular formula is C12H19N3S. The molecule has 2 unspecified atom stereocenters. The highest BCUT2D eigenvalue weighted by Crippen LogP contribution is 2.32. The smallest absolute Gasteiger partial charge is 0.125 e. The molecule has 0 radical (unpaired) electrons. The molecule has 16 heavy (non-hydrogen) atoms. The van der Waals surface area contributed by atoms with Gasteiger partial charge in [0.1, 0.15) is 5.82 Å². The number of hydrogen-bond acceptors (Lipinski definition) is 3. The van der Waals surface area contributed by atoms with Crippen molar-refractivity contribution in [2.75, 3.05) is 11.5 Å². The van der Waals surface area contributed by atoms with Crippen molar-refractivity contribution in [3.63, 3.8) is 0 Å². The van der Waals surface area contributed by atoms with E-state index in [1.54, 1.807) is 0 Å². The predicted molar refractivity (Wildman–Crippen MR) is 67.7 cm³/mol. The molecular weight excluding hydrogens is 218 g/mol. The van der Waals surface area contributed by atoms with Crippen LogP contribution in [0.15, 0.2) is 6.20 Å². The number of nitrogens with zero attached hydrogens (tertiary/aromatic N) is 2. The van der Waals surface area contributed by atoms with Crippen LogP contribution in [0.25, 0.3) is 0 Å². The minimum absolute atomic E-state index is 0.166. The summed E-state index contributed by atoms with van der Waals surface area (Å²) < 4.78 is 2.28. The van der Waals surface area contributed by atoms with Gasteiger partial charge >= 0.3 is 0 Å². The lowest BCUT2D eigenvalue weighted by molar-refractivity contribution is 0.451. The molecule has 1 fully saturated rings. The summed E-state index contributed by atoms with van der Waals surface area (Å²) in [7, 11) is 0. The Bertz CT molecular complexity index is 368. The molecule has 2 atom stereocenters. The van der Waals surface area contributed by atoms with Crippen LogP contribution >= 0.6 is 11.8 Å². The SMILES string of the molecule is NC1CCCn2cc(C3CCCSC3)nc21. The molecule has 3 rings (SSSR count). The molecule has 3 nitrogen and oxygen atoms in total. The first kappa shape index (κ1) is 10.7. The quantitative estimate of drug-likeness (QED) is 0.815. The van der Waals surface area contributed by atoms with E-state index in [-0.39, 0.29) is 6.04 Å². The van der Waals surface area contributed by atoms with Crippen LogP contribution in [0.5, 0.6) is 0 Å². The standard InChI is InChI=1S/C12H19N3S/c13-10-4-1-5-15-7-11(14-12(10)15)9-3-2-6-16-8-9/h7,9-10H,1-6,8,13H2. The molecule has 1 saturated heterocycles. The second-order valence-corrected chi connectivity index (χ2v) is 6.03. The minimum Gasteiger partial charge on any atom is -0.333 e. The Hall–Kier alpha value is -0.480. The van der Waals surface area contributed by atoms with E-state index >= 15 is 0 Å². The summed E-state index contributed by atoms with van der Waals surface area (Å²) >= 11 is 2.06. The van der Waals surface area contributed by atoms with E-state index in [1.807, 2.05) is 0 Å². The molecule has 4 heteroatoms. The Kier molecular flexibility index (Phi) is 2.94.